The number of epoxide rings is 2. The van der Waals surface area contributed by atoms with Gasteiger partial charge in [0.1, 0.15) is 88.6 Å². The van der Waals surface area contributed by atoms with Gasteiger partial charge < -0.3 is 87.1 Å². The fourth-order valence-corrected chi connectivity index (χ4v) is 7.38. The number of hydrogen-bond donors (Lipinski definition) is 5. The van der Waals surface area contributed by atoms with E-state index < -0.39 is 28.9 Å². The van der Waals surface area contributed by atoms with Crippen LogP contribution in [-0.4, -0.2) is 176 Å². The molecule has 96 heavy (non-hydrogen) atoms. The van der Waals surface area contributed by atoms with Gasteiger partial charge >= 0.3 is 23.9 Å². The van der Waals surface area contributed by atoms with E-state index >= 15 is 0 Å². The maximum Gasteiger partial charge on any atom is 0.308 e. The van der Waals surface area contributed by atoms with Crippen LogP contribution in [0.15, 0.2) is 103 Å². The monoisotopic (exact) mass is 1330 g/mol. The van der Waals surface area contributed by atoms with Gasteiger partial charge in [-0.2, -0.15) is 10.5 Å². The summed E-state index contributed by atoms with van der Waals surface area (Å²) in [6.45, 7) is 8.00. The number of nitrogens with zero attached hydrogens (tertiary/aromatic N) is 3. The second-order valence-electron chi connectivity index (χ2n) is 19.8. The highest BCUT2D eigenvalue weighted by Crippen LogP contribution is 2.38. The molecule has 0 saturated carbocycles. The molecule has 0 bridgehead atoms. The molecule has 6 aromatic carbocycles. The van der Waals surface area contributed by atoms with Gasteiger partial charge in [-0.05, 0) is 84.9 Å². The second-order valence-corrected chi connectivity index (χ2v) is 19.8. The third-order valence-electron chi connectivity index (χ3n) is 12.2. The zero-order chi connectivity index (χ0) is 70.3. The minimum Gasteiger partial charge on any atom is -0.504 e. The lowest BCUT2D eigenvalue weighted by molar-refractivity contribution is -0.385. The number of ether oxygens (including phenoxy) is 13. The van der Waals surface area contributed by atoms with Crippen molar-refractivity contribution in [1.82, 2.24) is 0 Å². The first kappa shape index (κ1) is 74.8. The highest BCUT2D eigenvalue weighted by Gasteiger charge is 2.28. The average molecular weight is 1330 g/mol. The lowest BCUT2D eigenvalue weighted by Gasteiger charge is -2.26. The summed E-state index contributed by atoms with van der Waals surface area (Å²) >= 11 is 0. The molecular weight excluding hydrogens is 1270 g/mol. The number of aliphatic hydroxyl groups is 2. The molecule has 0 unspecified atom stereocenters. The SMILES string of the molecule is CC(=O)OC[C@H]1COc2cc([N+](=O)[O-])c(C#N)cc2O1.CC(=O)OC[C@H]1COc2ccc(C#N)cc2O1.CC(=O)Oc1cc(C=O)ccc1O.CC(=O)Oc1cc(C=O)ccc1OC[C@H]1CO1.O=Cc1ccc(O)c(O)c1.O=Cc1ccc2c(c1)O[C@@H](CO)CO2.OC[C@H]1CO1. The molecule has 5 aliphatic heterocycles. The maximum atomic E-state index is 10.9. The highest BCUT2D eigenvalue weighted by molar-refractivity contribution is 5.80. The number of aldehydes is 4. The molecule has 0 radical (unpaired) electrons. The van der Waals surface area contributed by atoms with E-state index in [1.807, 2.05) is 6.07 Å². The fraction of sp³-hybridized carbons (Fsp3) is 0.292. The van der Waals surface area contributed by atoms with Crippen LogP contribution >= 0.6 is 0 Å². The topological polar surface area (TPSA) is 455 Å². The Morgan fingerprint density at radius 3 is 1.44 bits per heavy atom. The molecule has 5 N–H and O–H groups in total. The number of nitriles is 2. The molecule has 5 aliphatic rings. The molecule has 5 heterocycles. The number of carbonyl (C=O) groups excluding carboxylic acids is 8. The third kappa shape index (κ3) is 25.6. The summed E-state index contributed by atoms with van der Waals surface area (Å²) in [6, 6.07) is 28.6. The number of esters is 4. The van der Waals surface area contributed by atoms with E-state index in [4.69, 9.17) is 83.1 Å². The van der Waals surface area contributed by atoms with E-state index in [1.54, 1.807) is 54.6 Å². The Morgan fingerprint density at radius 2 is 0.948 bits per heavy atom. The molecule has 0 spiro atoms. The van der Waals surface area contributed by atoms with Crippen molar-refractivity contribution < 1.29 is 130 Å². The smallest absolute Gasteiger partial charge is 0.308 e. The predicted molar refractivity (Wildman–Crippen MR) is 326 cm³/mol. The van der Waals surface area contributed by atoms with Crippen LogP contribution in [0.2, 0.25) is 0 Å². The molecule has 2 saturated heterocycles. The summed E-state index contributed by atoms with van der Waals surface area (Å²) in [7, 11) is 0. The number of aromatic hydroxyl groups is 3. The summed E-state index contributed by atoms with van der Waals surface area (Å²) < 4.78 is 66.9. The first-order valence-corrected chi connectivity index (χ1v) is 28.3. The standard InChI is InChI=1S/C12H10N2O6.C12H11NO4.C12H12O5.C10H10O4.C9H8O4.C7H6O3.C3H6O2/c1-7(15)18-5-9-6-19-11-3-10(14(16)17)8(4-13)2-12(11)20-9;1-8(14)15-6-10-7-16-11-3-2-9(5-13)4-12(11)17-10;1-8(14)17-12-4-9(5-13)2-3-11(12)16-7-10-6-15-10;11-4-7-1-2-9-10(3-7)14-8(5-12)6-13-9;1-6(11)13-9-4-7(5-10)2-3-8(9)12;8-4-5-1-2-6(9)7(10)3-5;4-1-3-2-5-3/h2-3,9H,5-6H2,1H3;2-4,10H,6-7H2,1H3;2-5,10H,6-7H2,1H3;1-4,8,12H,5-6H2;2-5,12H,1H3;1-4,9-10H;3-4H,1-2H2/t9-;2*10-;8-;;;3-/m0010..0/s1. The predicted octanol–water partition coefficient (Wildman–Crippen LogP) is 5.68. The minimum atomic E-state index is -0.660. The normalized spacial score (nSPS) is 16.2. The van der Waals surface area contributed by atoms with E-state index in [0.717, 1.165) is 19.0 Å². The van der Waals surface area contributed by atoms with Crippen molar-refractivity contribution in [1.29, 1.82) is 10.5 Å². The number of carbonyl (C=O) groups is 8. The van der Waals surface area contributed by atoms with Crippen LogP contribution in [-0.2, 0) is 38.1 Å². The van der Waals surface area contributed by atoms with E-state index in [-0.39, 0.29) is 115 Å². The molecule has 6 aromatic rings. The van der Waals surface area contributed by atoms with Crippen molar-refractivity contribution >= 4 is 54.7 Å². The van der Waals surface area contributed by atoms with Crippen molar-refractivity contribution in [3.8, 4) is 81.1 Å². The van der Waals surface area contributed by atoms with Crippen molar-refractivity contribution in [3.63, 3.8) is 0 Å². The molecular formula is C65H63N3O28. The highest BCUT2D eigenvalue weighted by atomic mass is 16.6. The van der Waals surface area contributed by atoms with Gasteiger partial charge in [-0.15, -0.1) is 0 Å². The van der Waals surface area contributed by atoms with Gasteiger partial charge in [0.2, 0.25) is 0 Å². The Hall–Kier alpha value is -11.9. The molecule has 5 atom stereocenters. The number of aliphatic hydroxyl groups excluding tert-OH is 2. The molecule has 31 nitrogen and oxygen atoms in total. The zero-order valence-corrected chi connectivity index (χ0v) is 51.5. The lowest BCUT2D eigenvalue weighted by Crippen LogP contribution is -2.34. The van der Waals surface area contributed by atoms with Gasteiger partial charge in [0.05, 0.1) is 49.0 Å². The summed E-state index contributed by atoms with van der Waals surface area (Å²) in [5.74, 6) is 0.864. The molecule has 31 heteroatoms. The summed E-state index contributed by atoms with van der Waals surface area (Å²) in [5, 5.41) is 72.2. The average Bonchev–Trinajstić information content (AvgIpc) is 1.37. The fourth-order valence-electron chi connectivity index (χ4n) is 7.38. The van der Waals surface area contributed by atoms with Gasteiger partial charge in [0, 0.05) is 62.1 Å². The van der Waals surface area contributed by atoms with E-state index in [0.29, 0.717) is 102 Å². The quantitative estimate of drug-likeness (QED) is 0.0148. The Bertz CT molecular complexity index is 3800. The van der Waals surface area contributed by atoms with Gasteiger partial charge in [-0.1, -0.05) is 0 Å². The Kier molecular flexibility index (Phi) is 29.8. The molecule has 0 amide bonds. The summed E-state index contributed by atoms with van der Waals surface area (Å²) in [5.41, 5.74) is 1.69. The number of phenolic OH excluding ortho intramolecular Hbond substituents is 3. The minimum absolute atomic E-state index is 0.00269. The van der Waals surface area contributed by atoms with E-state index in [2.05, 4.69) is 9.47 Å². The Labute approximate surface area is 545 Å². The van der Waals surface area contributed by atoms with Gasteiger partial charge in [0.25, 0.3) is 5.69 Å². The van der Waals surface area contributed by atoms with Crippen LogP contribution < -0.4 is 42.6 Å². The van der Waals surface area contributed by atoms with E-state index in [9.17, 15) is 53.6 Å². The van der Waals surface area contributed by atoms with Crippen molar-refractivity contribution in [2.24, 2.45) is 0 Å². The van der Waals surface area contributed by atoms with Gasteiger partial charge in [-0.3, -0.25) is 48.5 Å². The first-order chi connectivity index (χ1) is 46.0. The Morgan fingerprint density at radius 1 is 0.490 bits per heavy atom. The van der Waals surface area contributed by atoms with Crippen LogP contribution in [0.5, 0.6) is 69.0 Å². The van der Waals surface area contributed by atoms with Gasteiger partial charge in [-0.25, -0.2) is 0 Å². The summed E-state index contributed by atoms with van der Waals surface area (Å²) in [4.78, 5) is 94.5. The first-order valence-electron chi connectivity index (χ1n) is 28.3. The van der Waals surface area contributed by atoms with Crippen molar-refractivity contribution in [2.75, 3.05) is 66.1 Å². The van der Waals surface area contributed by atoms with Gasteiger partial charge in [0.15, 0.2) is 87.3 Å². The maximum absolute atomic E-state index is 10.9. The molecule has 2 fully saturated rings. The molecule has 11 rings (SSSR count). The largest absolute Gasteiger partial charge is 0.504 e. The number of nitro groups is 1. The number of hydrogen-bond acceptors (Lipinski definition) is 30. The van der Waals surface area contributed by atoms with Crippen LogP contribution in [0.3, 0.4) is 0 Å². The number of benzene rings is 6. The second kappa shape index (κ2) is 38.2. The van der Waals surface area contributed by atoms with Crippen molar-refractivity contribution in [2.45, 2.75) is 58.2 Å². The number of rotatable bonds is 16. The molecule has 0 aromatic heterocycles. The lowest BCUT2D eigenvalue weighted by atomic mass is 10.1. The van der Waals surface area contributed by atoms with Crippen LogP contribution in [0.25, 0.3) is 0 Å². The third-order valence-corrected chi connectivity index (χ3v) is 12.2. The van der Waals surface area contributed by atoms with Crippen LogP contribution in [0.1, 0.15) is 80.3 Å². The molecule has 506 valence electrons. The van der Waals surface area contributed by atoms with E-state index in [1.165, 1.54) is 76.2 Å². The number of fused-ring (bicyclic) bond motifs is 3. The number of nitro benzene ring substituents is 1. The zero-order valence-electron chi connectivity index (χ0n) is 51.5. The molecule has 0 aliphatic carbocycles. The number of phenols is 3. The van der Waals surface area contributed by atoms with Crippen LogP contribution in [0, 0.1) is 32.8 Å². The summed E-state index contributed by atoms with van der Waals surface area (Å²) in [6.07, 6.45) is 1.74. The van der Waals surface area contributed by atoms with Crippen LogP contribution in [0.4, 0.5) is 5.69 Å². The Balaban J connectivity index is 0.000000207. The van der Waals surface area contributed by atoms with Crippen molar-refractivity contribution in [3.05, 3.63) is 147 Å².